The summed E-state index contributed by atoms with van der Waals surface area (Å²) in [5, 5.41) is 9.47. The van der Waals surface area contributed by atoms with Gasteiger partial charge in [0.05, 0.1) is 22.3 Å². The van der Waals surface area contributed by atoms with Gasteiger partial charge >= 0.3 is 0 Å². The molecule has 0 radical (unpaired) electrons. The van der Waals surface area contributed by atoms with Crippen molar-refractivity contribution in [1.29, 1.82) is 5.26 Å². The molecule has 90 valence electrons. The van der Waals surface area contributed by atoms with E-state index in [4.69, 9.17) is 16.9 Å². The van der Waals surface area contributed by atoms with Crippen molar-refractivity contribution in [2.24, 2.45) is 5.92 Å². The minimum atomic E-state index is 0.619. The largest absolute Gasteiger partial charge is 0.373 e. The third-order valence-corrected chi connectivity index (χ3v) is 3.80. The van der Waals surface area contributed by atoms with Crippen LogP contribution in [0.15, 0.2) is 18.2 Å². The molecule has 1 aromatic rings. The van der Waals surface area contributed by atoms with Crippen molar-refractivity contribution in [3.8, 4) is 6.07 Å². The Kier molecular flexibility index (Phi) is 3.91. The Morgan fingerprint density at radius 1 is 1.41 bits per heavy atom. The van der Waals surface area contributed by atoms with E-state index in [1.165, 1.54) is 25.7 Å². The highest BCUT2D eigenvalue weighted by molar-refractivity contribution is 6.33. The number of anilines is 1. The van der Waals surface area contributed by atoms with E-state index in [1.807, 2.05) is 12.1 Å². The van der Waals surface area contributed by atoms with Crippen LogP contribution in [0.4, 0.5) is 5.69 Å². The monoisotopic (exact) mass is 248 g/mol. The molecule has 0 heterocycles. The Balaban J connectivity index is 2.08. The van der Waals surface area contributed by atoms with Gasteiger partial charge in [-0.05, 0) is 37.0 Å². The fourth-order valence-corrected chi connectivity index (χ4v) is 2.89. The number of benzene rings is 1. The molecule has 0 saturated heterocycles. The van der Waals surface area contributed by atoms with Crippen molar-refractivity contribution < 1.29 is 0 Å². The van der Waals surface area contributed by atoms with Crippen LogP contribution < -0.4 is 4.90 Å². The third-order valence-electron chi connectivity index (χ3n) is 3.49. The molecule has 2 rings (SSSR count). The van der Waals surface area contributed by atoms with Crippen molar-refractivity contribution in [3.05, 3.63) is 28.8 Å². The van der Waals surface area contributed by atoms with Gasteiger partial charge in [0.2, 0.25) is 0 Å². The standard InChI is InChI=1S/C14H17ClN2/c1-17(10-11-4-2-3-5-11)14-7-6-12(9-16)8-13(14)15/h6-8,11H,2-5,10H2,1H3. The normalized spacial score (nSPS) is 15.8. The van der Waals surface area contributed by atoms with Crippen LogP contribution in [0.25, 0.3) is 0 Å². The lowest BCUT2D eigenvalue weighted by molar-refractivity contribution is 0.547. The van der Waals surface area contributed by atoms with Crippen LogP contribution in [0, 0.1) is 17.2 Å². The zero-order chi connectivity index (χ0) is 12.3. The summed E-state index contributed by atoms with van der Waals surface area (Å²) in [6.07, 6.45) is 5.38. The Labute approximate surface area is 108 Å². The van der Waals surface area contributed by atoms with Gasteiger partial charge in [-0.1, -0.05) is 24.4 Å². The average Bonchev–Trinajstić information content (AvgIpc) is 2.81. The van der Waals surface area contributed by atoms with Crippen LogP contribution in [-0.2, 0) is 0 Å². The van der Waals surface area contributed by atoms with Crippen molar-refractivity contribution in [2.45, 2.75) is 25.7 Å². The van der Waals surface area contributed by atoms with E-state index in [9.17, 15) is 0 Å². The summed E-state index contributed by atoms with van der Waals surface area (Å²) >= 11 is 6.20. The minimum Gasteiger partial charge on any atom is -0.373 e. The maximum atomic E-state index is 8.80. The molecule has 17 heavy (non-hydrogen) atoms. The minimum absolute atomic E-state index is 0.619. The molecule has 0 unspecified atom stereocenters. The lowest BCUT2D eigenvalue weighted by Crippen LogP contribution is -2.24. The summed E-state index contributed by atoms with van der Waals surface area (Å²) < 4.78 is 0. The first kappa shape index (κ1) is 12.3. The quantitative estimate of drug-likeness (QED) is 0.813. The van der Waals surface area contributed by atoms with E-state index < -0.39 is 0 Å². The lowest BCUT2D eigenvalue weighted by Gasteiger charge is -2.24. The van der Waals surface area contributed by atoms with E-state index in [1.54, 1.807) is 6.07 Å². The molecular formula is C14H17ClN2. The molecule has 0 bridgehead atoms. The number of hydrogen-bond donors (Lipinski definition) is 0. The molecule has 2 nitrogen and oxygen atoms in total. The molecule has 0 spiro atoms. The molecule has 0 N–H and O–H groups in total. The first-order valence-electron chi connectivity index (χ1n) is 6.11. The zero-order valence-electron chi connectivity index (χ0n) is 10.1. The summed E-state index contributed by atoms with van der Waals surface area (Å²) in [5.41, 5.74) is 1.64. The fraction of sp³-hybridized carbons (Fsp3) is 0.500. The third kappa shape index (κ3) is 2.92. The van der Waals surface area contributed by atoms with Crippen molar-refractivity contribution in [1.82, 2.24) is 0 Å². The number of rotatable bonds is 3. The Morgan fingerprint density at radius 3 is 2.71 bits per heavy atom. The summed E-state index contributed by atoms with van der Waals surface area (Å²) in [5.74, 6) is 0.798. The van der Waals surface area contributed by atoms with E-state index in [2.05, 4.69) is 18.0 Å². The predicted octanol–water partition coefficient (Wildman–Crippen LogP) is 3.84. The highest BCUT2D eigenvalue weighted by atomic mass is 35.5. The smallest absolute Gasteiger partial charge is 0.0992 e. The van der Waals surface area contributed by atoms with E-state index in [0.29, 0.717) is 10.6 Å². The highest BCUT2D eigenvalue weighted by Crippen LogP contribution is 2.30. The number of hydrogen-bond acceptors (Lipinski definition) is 2. The molecule has 1 aliphatic carbocycles. The number of halogens is 1. The van der Waals surface area contributed by atoms with Crippen molar-refractivity contribution in [3.63, 3.8) is 0 Å². The molecule has 0 aromatic heterocycles. The second-order valence-electron chi connectivity index (χ2n) is 4.81. The molecule has 1 aromatic carbocycles. The van der Waals surface area contributed by atoms with Gasteiger partial charge in [-0.25, -0.2) is 0 Å². The SMILES string of the molecule is CN(CC1CCCC1)c1ccc(C#N)cc1Cl. The summed E-state index contributed by atoms with van der Waals surface area (Å²) in [7, 11) is 2.07. The molecule has 0 atom stereocenters. The van der Waals surface area contributed by atoms with Crippen LogP contribution in [0.1, 0.15) is 31.2 Å². The van der Waals surface area contributed by atoms with E-state index in [0.717, 1.165) is 18.2 Å². The summed E-state index contributed by atoms with van der Waals surface area (Å²) in [6.45, 7) is 1.06. The number of nitrogens with zero attached hydrogens (tertiary/aromatic N) is 2. The zero-order valence-corrected chi connectivity index (χ0v) is 10.9. The van der Waals surface area contributed by atoms with Crippen molar-refractivity contribution >= 4 is 17.3 Å². The van der Waals surface area contributed by atoms with Crippen molar-refractivity contribution in [2.75, 3.05) is 18.5 Å². The van der Waals surface area contributed by atoms with Gasteiger partial charge in [0.25, 0.3) is 0 Å². The van der Waals surface area contributed by atoms with Crippen LogP contribution >= 0.6 is 11.6 Å². The molecular weight excluding hydrogens is 232 g/mol. The van der Waals surface area contributed by atoms with Gasteiger partial charge in [0.15, 0.2) is 0 Å². The lowest BCUT2D eigenvalue weighted by atomic mass is 10.1. The van der Waals surface area contributed by atoms with Gasteiger partial charge in [-0.3, -0.25) is 0 Å². The Bertz CT molecular complexity index is 430. The molecule has 1 saturated carbocycles. The second-order valence-corrected chi connectivity index (χ2v) is 5.22. The molecule has 0 amide bonds. The first-order valence-corrected chi connectivity index (χ1v) is 6.49. The topological polar surface area (TPSA) is 27.0 Å². The van der Waals surface area contributed by atoms with Crippen LogP contribution in [0.5, 0.6) is 0 Å². The Morgan fingerprint density at radius 2 is 2.12 bits per heavy atom. The van der Waals surface area contributed by atoms with Gasteiger partial charge < -0.3 is 4.90 Å². The van der Waals surface area contributed by atoms with Gasteiger partial charge in [-0.15, -0.1) is 0 Å². The van der Waals surface area contributed by atoms with Crippen LogP contribution in [0.3, 0.4) is 0 Å². The van der Waals surface area contributed by atoms with Crippen LogP contribution in [-0.4, -0.2) is 13.6 Å². The van der Waals surface area contributed by atoms with Gasteiger partial charge in [-0.2, -0.15) is 5.26 Å². The molecule has 0 aliphatic heterocycles. The maximum Gasteiger partial charge on any atom is 0.0992 e. The molecule has 1 aliphatic rings. The fourth-order valence-electron chi connectivity index (χ4n) is 2.56. The highest BCUT2D eigenvalue weighted by Gasteiger charge is 2.18. The maximum absolute atomic E-state index is 8.80. The van der Waals surface area contributed by atoms with Crippen LogP contribution in [0.2, 0.25) is 5.02 Å². The second kappa shape index (κ2) is 5.42. The predicted molar refractivity (Wildman–Crippen MR) is 71.4 cm³/mol. The average molecular weight is 249 g/mol. The Hall–Kier alpha value is -1.20. The molecule has 1 fully saturated rings. The summed E-state index contributed by atoms with van der Waals surface area (Å²) in [6, 6.07) is 7.61. The number of nitriles is 1. The van der Waals surface area contributed by atoms with E-state index >= 15 is 0 Å². The van der Waals surface area contributed by atoms with E-state index in [-0.39, 0.29) is 0 Å². The van der Waals surface area contributed by atoms with Gasteiger partial charge in [0.1, 0.15) is 0 Å². The first-order chi connectivity index (χ1) is 8.20. The van der Waals surface area contributed by atoms with Gasteiger partial charge in [0, 0.05) is 13.6 Å². The summed E-state index contributed by atoms with van der Waals surface area (Å²) in [4.78, 5) is 2.21. The molecule has 3 heteroatoms.